The van der Waals surface area contributed by atoms with Crippen LogP contribution < -0.4 is 16.4 Å². The highest BCUT2D eigenvalue weighted by Gasteiger charge is 2.17. The zero-order valence-corrected chi connectivity index (χ0v) is 15.9. The first kappa shape index (κ1) is 22.5. The fraction of sp³-hybridized carbons (Fsp3) is 0.875. The first-order chi connectivity index (χ1) is 10.9. The van der Waals surface area contributed by atoms with Gasteiger partial charge in [-0.25, -0.2) is 9.59 Å². The quantitative estimate of drug-likeness (QED) is 0.612. The van der Waals surface area contributed by atoms with Crippen LogP contribution in [0.3, 0.4) is 0 Å². The van der Waals surface area contributed by atoms with Crippen molar-refractivity contribution in [3.63, 3.8) is 0 Å². The molecule has 0 saturated carbocycles. The van der Waals surface area contributed by atoms with Crippen molar-refractivity contribution in [3.05, 3.63) is 0 Å². The molecule has 0 unspecified atom stereocenters. The Labute approximate surface area is 145 Å². The predicted octanol–water partition coefficient (Wildman–Crippen LogP) is 1.30. The van der Waals surface area contributed by atoms with Crippen molar-refractivity contribution >= 4 is 12.2 Å². The number of hydrogen-bond donors (Lipinski definition) is 3. The first-order valence-corrected chi connectivity index (χ1v) is 8.29. The topological polar surface area (TPSA) is 106 Å². The van der Waals surface area contributed by atoms with Gasteiger partial charge in [-0.15, -0.1) is 0 Å². The minimum Gasteiger partial charge on any atom is -0.444 e. The minimum atomic E-state index is -0.516. The summed E-state index contributed by atoms with van der Waals surface area (Å²) in [5, 5.41) is 5.41. The van der Waals surface area contributed by atoms with E-state index in [1.807, 2.05) is 41.5 Å². The van der Waals surface area contributed by atoms with Crippen LogP contribution in [0, 0.1) is 0 Å². The molecule has 24 heavy (non-hydrogen) atoms. The second-order valence-corrected chi connectivity index (χ2v) is 7.49. The number of nitrogens with one attached hydrogen (secondary N) is 2. The molecule has 0 aromatic rings. The number of hydrogen-bond acceptors (Lipinski definition) is 6. The van der Waals surface area contributed by atoms with Gasteiger partial charge in [-0.2, -0.15) is 0 Å². The van der Waals surface area contributed by atoms with Crippen LogP contribution in [0.25, 0.3) is 0 Å². The van der Waals surface area contributed by atoms with Crippen LogP contribution in [0.2, 0.25) is 0 Å². The van der Waals surface area contributed by atoms with E-state index >= 15 is 0 Å². The number of carbonyl (C=O) groups excluding carboxylic acids is 2. The van der Waals surface area contributed by atoms with E-state index in [-0.39, 0.29) is 0 Å². The predicted molar refractivity (Wildman–Crippen MR) is 94.0 cm³/mol. The molecule has 8 nitrogen and oxygen atoms in total. The molecule has 0 spiro atoms. The SMILES string of the molecule is CC(C)(C)OC(=O)NCCN(CCN)CCNC(=O)OC(C)(C)C. The molecule has 0 aromatic heterocycles. The van der Waals surface area contributed by atoms with Gasteiger partial charge < -0.3 is 25.8 Å². The van der Waals surface area contributed by atoms with Crippen LogP contribution >= 0.6 is 0 Å². The molecule has 0 rings (SSSR count). The van der Waals surface area contributed by atoms with Gasteiger partial charge in [0, 0.05) is 39.3 Å². The first-order valence-electron chi connectivity index (χ1n) is 8.29. The van der Waals surface area contributed by atoms with E-state index in [0.717, 1.165) is 0 Å². The van der Waals surface area contributed by atoms with Gasteiger partial charge in [0.25, 0.3) is 0 Å². The number of rotatable bonds is 8. The zero-order chi connectivity index (χ0) is 18.8. The summed E-state index contributed by atoms with van der Waals surface area (Å²) in [7, 11) is 0. The summed E-state index contributed by atoms with van der Waals surface area (Å²) in [6, 6.07) is 0. The van der Waals surface area contributed by atoms with E-state index in [1.165, 1.54) is 0 Å². The van der Waals surface area contributed by atoms with Gasteiger partial charge in [-0.1, -0.05) is 0 Å². The molecule has 0 atom stereocenters. The fourth-order valence-electron chi connectivity index (χ4n) is 1.78. The number of carbonyl (C=O) groups is 2. The van der Waals surface area contributed by atoms with E-state index in [2.05, 4.69) is 15.5 Å². The minimum absolute atomic E-state index is 0.443. The number of amides is 2. The Morgan fingerprint density at radius 1 is 0.833 bits per heavy atom. The van der Waals surface area contributed by atoms with Crippen molar-refractivity contribution in [1.29, 1.82) is 0 Å². The monoisotopic (exact) mass is 346 g/mol. The van der Waals surface area contributed by atoms with Gasteiger partial charge in [0.2, 0.25) is 0 Å². The van der Waals surface area contributed by atoms with Crippen LogP contribution in [0.1, 0.15) is 41.5 Å². The van der Waals surface area contributed by atoms with Crippen LogP contribution in [0.15, 0.2) is 0 Å². The zero-order valence-electron chi connectivity index (χ0n) is 15.9. The molecule has 0 aliphatic heterocycles. The summed E-state index contributed by atoms with van der Waals surface area (Å²) in [6.07, 6.45) is -0.885. The standard InChI is InChI=1S/C16H34N4O4/c1-15(2,3)23-13(21)18-8-11-20(10-7-17)12-9-19-14(22)24-16(4,5)6/h7-12,17H2,1-6H3,(H,18,21)(H,19,22). The maximum absolute atomic E-state index is 11.6. The van der Waals surface area contributed by atoms with E-state index in [1.54, 1.807) is 0 Å². The van der Waals surface area contributed by atoms with Crippen LogP contribution in [0.5, 0.6) is 0 Å². The van der Waals surface area contributed by atoms with Crippen molar-refractivity contribution in [3.8, 4) is 0 Å². The smallest absolute Gasteiger partial charge is 0.407 e. The Hall–Kier alpha value is -1.54. The molecule has 0 aromatic carbocycles. The lowest BCUT2D eigenvalue weighted by Gasteiger charge is -2.24. The summed E-state index contributed by atoms with van der Waals surface area (Å²) in [4.78, 5) is 25.2. The van der Waals surface area contributed by atoms with Gasteiger partial charge in [0.1, 0.15) is 11.2 Å². The van der Waals surface area contributed by atoms with Crippen molar-refractivity contribution in [1.82, 2.24) is 15.5 Å². The Morgan fingerprint density at radius 3 is 1.50 bits per heavy atom. The van der Waals surface area contributed by atoms with Crippen LogP contribution in [-0.2, 0) is 9.47 Å². The molecule has 4 N–H and O–H groups in total. The lowest BCUT2D eigenvalue weighted by atomic mass is 10.2. The third kappa shape index (κ3) is 14.1. The van der Waals surface area contributed by atoms with Gasteiger partial charge in [0.15, 0.2) is 0 Å². The molecule has 0 bridgehead atoms. The Kier molecular flexibility index (Phi) is 9.69. The molecule has 0 radical (unpaired) electrons. The Bertz CT molecular complexity index is 355. The van der Waals surface area contributed by atoms with E-state index in [0.29, 0.717) is 39.3 Å². The Morgan fingerprint density at radius 2 is 1.21 bits per heavy atom. The van der Waals surface area contributed by atoms with Crippen LogP contribution in [-0.4, -0.2) is 67.6 Å². The summed E-state index contributed by atoms with van der Waals surface area (Å²) < 4.78 is 10.3. The summed E-state index contributed by atoms with van der Waals surface area (Å²) in [6.45, 7) is 14.2. The molecule has 2 amide bonds. The molecule has 0 aliphatic carbocycles. The van der Waals surface area contributed by atoms with E-state index < -0.39 is 23.4 Å². The summed E-state index contributed by atoms with van der Waals surface area (Å²) in [5.41, 5.74) is 4.56. The Balaban J connectivity index is 4.05. The van der Waals surface area contributed by atoms with Crippen molar-refractivity contribution in [2.75, 3.05) is 39.3 Å². The normalized spacial score (nSPS) is 12.0. The van der Waals surface area contributed by atoms with Crippen molar-refractivity contribution < 1.29 is 19.1 Å². The number of nitrogens with two attached hydrogens (primary N) is 1. The largest absolute Gasteiger partial charge is 0.444 e. The fourth-order valence-corrected chi connectivity index (χ4v) is 1.78. The van der Waals surface area contributed by atoms with Crippen LogP contribution in [0.4, 0.5) is 9.59 Å². The molecule has 0 aliphatic rings. The molecule has 142 valence electrons. The number of nitrogens with zero attached hydrogens (tertiary/aromatic N) is 1. The molecular formula is C16H34N4O4. The maximum atomic E-state index is 11.6. The average Bonchev–Trinajstić information content (AvgIpc) is 2.34. The van der Waals surface area contributed by atoms with Gasteiger partial charge in [-0.05, 0) is 41.5 Å². The summed E-state index contributed by atoms with van der Waals surface area (Å²) >= 11 is 0. The third-order valence-electron chi connectivity index (χ3n) is 2.64. The maximum Gasteiger partial charge on any atom is 0.407 e. The second kappa shape index (κ2) is 10.4. The lowest BCUT2D eigenvalue weighted by Crippen LogP contribution is -2.43. The highest BCUT2D eigenvalue weighted by Crippen LogP contribution is 2.06. The van der Waals surface area contributed by atoms with Gasteiger partial charge >= 0.3 is 12.2 Å². The molecular weight excluding hydrogens is 312 g/mol. The third-order valence-corrected chi connectivity index (χ3v) is 2.64. The van der Waals surface area contributed by atoms with Crippen molar-refractivity contribution in [2.45, 2.75) is 52.7 Å². The number of ether oxygens (including phenoxy) is 2. The lowest BCUT2D eigenvalue weighted by molar-refractivity contribution is 0.0520. The van der Waals surface area contributed by atoms with Gasteiger partial charge in [-0.3, -0.25) is 4.90 Å². The second-order valence-electron chi connectivity index (χ2n) is 7.49. The van der Waals surface area contributed by atoms with Gasteiger partial charge in [0.05, 0.1) is 0 Å². The molecule has 0 heterocycles. The highest BCUT2D eigenvalue weighted by molar-refractivity contribution is 5.68. The average molecular weight is 346 g/mol. The molecule has 8 heteroatoms. The molecule has 0 fully saturated rings. The summed E-state index contributed by atoms with van der Waals surface area (Å²) in [5.74, 6) is 0. The van der Waals surface area contributed by atoms with E-state index in [9.17, 15) is 9.59 Å². The number of alkyl carbamates (subject to hydrolysis) is 2. The van der Waals surface area contributed by atoms with Crippen molar-refractivity contribution in [2.24, 2.45) is 5.73 Å². The molecule has 0 saturated heterocycles. The van der Waals surface area contributed by atoms with E-state index in [4.69, 9.17) is 15.2 Å². The highest BCUT2D eigenvalue weighted by atomic mass is 16.6.